The summed E-state index contributed by atoms with van der Waals surface area (Å²) < 4.78 is 13.0. The van der Waals surface area contributed by atoms with Crippen LogP contribution in [0.25, 0.3) is 0 Å². The standard InChI is InChI=1S/C16H22FN3O4.C2H4O2/c17-12-3-1-11(2-4-12)8-20-6-5-18-16(24)14(20)7-15(23)19-13(9-21)10-22;1-2(3)4/h1-4,13-14,21-22H,5-10H2,(H,18,24)(H,19,23);1H3,(H,3,4). The fourth-order valence-corrected chi connectivity index (χ4v) is 2.61. The number of carboxylic acids is 1. The third-order valence-corrected chi connectivity index (χ3v) is 3.93. The van der Waals surface area contributed by atoms with Crippen molar-refractivity contribution in [1.82, 2.24) is 15.5 Å². The average molecular weight is 399 g/mol. The van der Waals surface area contributed by atoms with Crippen molar-refractivity contribution in [3.63, 3.8) is 0 Å². The number of hydrogen-bond acceptors (Lipinski definition) is 6. The van der Waals surface area contributed by atoms with Crippen molar-refractivity contribution in [1.29, 1.82) is 0 Å². The lowest BCUT2D eigenvalue weighted by atomic mass is 10.1. The number of piperazine rings is 1. The van der Waals surface area contributed by atoms with E-state index >= 15 is 0 Å². The van der Waals surface area contributed by atoms with Gasteiger partial charge < -0.3 is 26.0 Å². The third kappa shape index (κ3) is 8.42. The van der Waals surface area contributed by atoms with E-state index in [4.69, 9.17) is 20.1 Å². The first-order valence-electron chi connectivity index (χ1n) is 8.73. The number of aliphatic hydroxyl groups is 2. The van der Waals surface area contributed by atoms with Crippen molar-refractivity contribution in [2.45, 2.75) is 32.0 Å². The van der Waals surface area contributed by atoms with Crippen molar-refractivity contribution in [2.24, 2.45) is 0 Å². The normalized spacial score (nSPS) is 16.8. The monoisotopic (exact) mass is 399 g/mol. The molecule has 0 bridgehead atoms. The van der Waals surface area contributed by atoms with Crippen molar-refractivity contribution >= 4 is 17.8 Å². The molecule has 9 nitrogen and oxygen atoms in total. The minimum absolute atomic E-state index is 0.0798. The number of carboxylic acid groups (broad SMARTS) is 1. The maximum absolute atomic E-state index is 13.0. The van der Waals surface area contributed by atoms with Gasteiger partial charge in [-0.2, -0.15) is 0 Å². The predicted octanol–water partition coefficient (Wildman–Crippen LogP) is -0.923. The van der Waals surface area contributed by atoms with Crippen LogP contribution in [0.5, 0.6) is 0 Å². The molecule has 1 fully saturated rings. The highest BCUT2D eigenvalue weighted by Gasteiger charge is 2.31. The number of halogens is 1. The zero-order valence-electron chi connectivity index (χ0n) is 15.6. The van der Waals surface area contributed by atoms with Gasteiger partial charge in [0.2, 0.25) is 11.8 Å². The minimum atomic E-state index is -0.833. The molecule has 28 heavy (non-hydrogen) atoms. The Morgan fingerprint density at radius 2 is 1.86 bits per heavy atom. The molecule has 10 heteroatoms. The van der Waals surface area contributed by atoms with Gasteiger partial charge in [-0.15, -0.1) is 0 Å². The van der Waals surface area contributed by atoms with E-state index in [1.165, 1.54) is 12.1 Å². The number of nitrogens with zero attached hydrogens (tertiary/aromatic N) is 1. The second kappa shape index (κ2) is 12.0. The summed E-state index contributed by atoms with van der Waals surface area (Å²) in [5, 5.41) is 30.6. The van der Waals surface area contributed by atoms with Crippen LogP contribution in [0.4, 0.5) is 4.39 Å². The summed E-state index contributed by atoms with van der Waals surface area (Å²) in [6, 6.07) is 4.61. The lowest BCUT2D eigenvalue weighted by Crippen LogP contribution is -2.56. The van der Waals surface area contributed by atoms with E-state index in [0.717, 1.165) is 12.5 Å². The zero-order chi connectivity index (χ0) is 21.1. The number of carbonyl (C=O) groups is 3. The van der Waals surface area contributed by atoms with Gasteiger partial charge in [0.15, 0.2) is 0 Å². The van der Waals surface area contributed by atoms with Crippen molar-refractivity contribution in [3.05, 3.63) is 35.6 Å². The highest BCUT2D eigenvalue weighted by Crippen LogP contribution is 2.14. The first-order valence-corrected chi connectivity index (χ1v) is 8.73. The lowest BCUT2D eigenvalue weighted by molar-refractivity contribution is -0.134. The summed E-state index contributed by atoms with van der Waals surface area (Å²) in [6.07, 6.45) is -0.0798. The number of hydrogen-bond donors (Lipinski definition) is 5. The number of nitrogens with one attached hydrogen (secondary N) is 2. The molecule has 1 aromatic rings. The topological polar surface area (TPSA) is 139 Å². The predicted molar refractivity (Wildman–Crippen MR) is 97.6 cm³/mol. The third-order valence-electron chi connectivity index (χ3n) is 3.93. The van der Waals surface area contributed by atoms with Crippen LogP contribution < -0.4 is 10.6 Å². The fourth-order valence-electron chi connectivity index (χ4n) is 2.61. The summed E-state index contributed by atoms with van der Waals surface area (Å²) in [5.41, 5.74) is 0.847. The van der Waals surface area contributed by atoms with Crippen LogP contribution in [0, 0.1) is 5.82 Å². The van der Waals surface area contributed by atoms with Gasteiger partial charge in [-0.1, -0.05) is 12.1 Å². The summed E-state index contributed by atoms with van der Waals surface area (Å²) >= 11 is 0. The Kier molecular flexibility index (Phi) is 10.1. The molecular formula is C18H26FN3O6. The van der Waals surface area contributed by atoms with Crippen molar-refractivity contribution < 1.29 is 34.1 Å². The Labute approximate surface area is 162 Å². The van der Waals surface area contributed by atoms with E-state index in [-0.39, 0.29) is 31.4 Å². The van der Waals surface area contributed by atoms with Crippen LogP contribution in [-0.4, -0.2) is 76.4 Å². The second-order valence-electron chi connectivity index (χ2n) is 6.26. The van der Waals surface area contributed by atoms with E-state index in [1.54, 1.807) is 12.1 Å². The van der Waals surface area contributed by atoms with Crippen molar-refractivity contribution in [3.8, 4) is 0 Å². The molecule has 0 saturated carbocycles. The van der Waals surface area contributed by atoms with Crippen LogP contribution in [0.1, 0.15) is 18.9 Å². The van der Waals surface area contributed by atoms with Gasteiger partial charge in [-0.3, -0.25) is 19.3 Å². The maximum Gasteiger partial charge on any atom is 0.300 e. The summed E-state index contributed by atoms with van der Waals surface area (Å²) in [7, 11) is 0. The van der Waals surface area contributed by atoms with Gasteiger partial charge in [0.1, 0.15) is 5.82 Å². The van der Waals surface area contributed by atoms with Gasteiger partial charge in [0, 0.05) is 26.6 Å². The Hall–Kier alpha value is -2.56. The molecule has 156 valence electrons. The van der Waals surface area contributed by atoms with Gasteiger partial charge in [-0.25, -0.2) is 4.39 Å². The quantitative estimate of drug-likeness (QED) is 0.399. The van der Waals surface area contributed by atoms with Crippen molar-refractivity contribution in [2.75, 3.05) is 26.3 Å². The number of amides is 2. The van der Waals surface area contributed by atoms with E-state index in [9.17, 15) is 14.0 Å². The summed E-state index contributed by atoms with van der Waals surface area (Å²) in [4.78, 5) is 35.0. The molecule has 5 N–H and O–H groups in total. The van der Waals surface area contributed by atoms with Crippen LogP contribution in [0.2, 0.25) is 0 Å². The largest absolute Gasteiger partial charge is 0.481 e. The van der Waals surface area contributed by atoms with Gasteiger partial charge in [0.25, 0.3) is 5.97 Å². The number of benzene rings is 1. The number of carbonyl (C=O) groups excluding carboxylic acids is 2. The average Bonchev–Trinajstić information content (AvgIpc) is 2.64. The first-order chi connectivity index (χ1) is 13.3. The van der Waals surface area contributed by atoms with Gasteiger partial charge in [0.05, 0.1) is 31.7 Å². The Morgan fingerprint density at radius 3 is 2.39 bits per heavy atom. The molecule has 2 rings (SSSR count). The highest BCUT2D eigenvalue weighted by atomic mass is 19.1. The molecule has 1 heterocycles. The molecule has 1 atom stereocenters. The number of aliphatic carboxylic acids is 1. The summed E-state index contributed by atoms with van der Waals surface area (Å²) in [5.74, 6) is -1.83. The SMILES string of the molecule is CC(=O)O.O=C(CC1C(=O)NCCN1Cc1ccc(F)cc1)NC(CO)CO. The first kappa shape index (κ1) is 23.5. The molecule has 0 spiro atoms. The Morgan fingerprint density at radius 1 is 1.29 bits per heavy atom. The van der Waals surface area contributed by atoms with Crippen LogP contribution in [0.15, 0.2) is 24.3 Å². The lowest BCUT2D eigenvalue weighted by Gasteiger charge is -2.35. The zero-order valence-corrected chi connectivity index (χ0v) is 15.6. The number of aliphatic hydroxyl groups excluding tert-OH is 2. The van der Waals surface area contributed by atoms with Gasteiger partial charge in [-0.05, 0) is 17.7 Å². The molecule has 0 aliphatic carbocycles. The molecule has 1 saturated heterocycles. The van der Waals surface area contributed by atoms with Gasteiger partial charge >= 0.3 is 0 Å². The maximum atomic E-state index is 13.0. The number of rotatable bonds is 7. The molecule has 0 aromatic heterocycles. The fraction of sp³-hybridized carbons (Fsp3) is 0.500. The van der Waals surface area contributed by atoms with E-state index in [2.05, 4.69) is 10.6 Å². The Balaban J connectivity index is 0.000000892. The molecule has 1 aliphatic heterocycles. The van der Waals surface area contributed by atoms with E-state index < -0.39 is 24.0 Å². The van der Waals surface area contributed by atoms with Crippen LogP contribution >= 0.6 is 0 Å². The molecule has 1 unspecified atom stereocenters. The highest BCUT2D eigenvalue weighted by molar-refractivity contribution is 5.88. The smallest absolute Gasteiger partial charge is 0.300 e. The summed E-state index contributed by atoms with van der Waals surface area (Å²) in [6.45, 7) is 1.81. The van der Waals surface area contributed by atoms with E-state index in [1.807, 2.05) is 4.90 Å². The van der Waals surface area contributed by atoms with Crippen LogP contribution in [0.3, 0.4) is 0 Å². The molecule has 1 aliphatic rings. The minimum Gasteiger partial charge on any atom is -0.481 e. The second-order valence-corrected chi connectivity index (χ2v) is 6.26. The molecule has 0 radical (unpaired) electrons. The molecule has 1 aromatic carbocycles. The molecular weight excluding hydrogens is 373 g/mol. The van der Waals surface area contributed by atoms with Crippen LogP contribution in [-0.2, 0) is 20.9 Å². The van der Waals surface area contributed by atoms with E-state index in [0.29, 0.717) is 19.6 Å². The molecule has 2 amide bonds. The Bertz CT molecular complexity index is 647.